The lowest BCUT2D eigenvalue weighted by Crippen LogP contribution is -2.56. The second-order valence-corrected chi connectivity index (χ2v) is 9.62. The van der Waals surface area contributed by atoms with Crippen LogP contribution in [-0.4, -0.2) is 49.1 Å². The van der Waals surface area contributed by atoms with E-state index in [-0.39, 0.29) is 17.9 Å². The van der Waals surface area contributed by atoms with Gasteiger partial charge in [0.15, 0.2) is 0 Å². The molecule has 5 nitrogen and oxygen atoms in total. The van der Waals surface area contributed by atoms with Gasteiger partial charge in [-0.2, -0.15) is 0 Å². The van der Waals surface area contributed by atoms with E-state index in [1.165, 1.54) is 16.0 Å². The second kappa shape index (κ2) is 9.96. The third kappa shape index (κ3) is 4.85. The molecular weight excluding hydrogens is 408 g/mol. The van der Waals surface area contributed by atoms with Crippen molar-refractivity contribution in [1.82, 2.24) is 10.2 Å². The number of nitrogens with zero attached hydrogens (tertiary/aromatic N) is 1. The molecule has 31 heavy (non-hydrogen) atoms. The largest absolute Gasteiger partial charge is 0.368 e. The van der Waals surface area contributed by atoms with Crippen molar-refractivity contribution in [2.45, 2.75) is 51.6 Å². The number of amides is 2. The number of rotatable bonds is 6. The minimum atomic E-state index is -0.619. The summed E-state index contributed by atoms with van der Waals surface area (Å²) in [7, 11) is 0. The number of likely N-dealkylation sites (tertiary alicyclic amines) is 1. The molecule has 2 aliphatic rings. The number of ether oxygens (including phenoxy) is 1. The van der Waals surface area contributed by atoms with Crippen molar-refractivity contribution in [3.8, 4) is 10.4 Å². The lowest BCUT2D eigenvalue weighted by atomic mass is 9.73. The summed E-state index contributed by atoms with van der Waals surface area (Å²) in [4.78, 5) is 29.7. The summed E-state index contributed by atoms with van der Waals surface area (Å²) in [6.07, 6.45) is 4.72. The quantitative estimate of drug-likeness (QED) is 0.730. The molecule has 2 atom stereocenters. The molecule has 6 heteroatoms. The lowest BCUT2D eigenvalue weighted by Gasteiger charge is -2.43. The number of carbonyl (C=O) groups is 2. The zero-order valence-corrected chi connectivity index (χ0v) is 19.1. The number of hydrogen-bond donors (Lipinski definition) is 1. The van der Waals surface area contributed by atoms with Gasteiger partial charge in [0.1, 0.15) is 6.10 Å². The van der Waals surface area contributed by atoms with Crippen LogP contribution in [0.25, 0.3) is 10.4 Å². The van der Waals surface area contributed by atoms with Gasteiger partial charge in [-0.25, -0.2) is 0 Å². The second-order valence-electron chi connectivity index (χ2n) is 8.67. The van der Waals surface area contributed by atoms with Gasteiger partial charge >= 0.3 is 0 Å². The van der Waals surface area contributed by atoms with Crippen LogP contribution in [0.3, 0.4) is 0 Å². The van der Waals surface area contributed by atoms with Crippen molar-refractivity contribution in [2.75, 3.05) is 26.2 Å². The Hall–Kier alpha value is -2.18. The molecule has 2 saturated heterocycles. The van der Waals surface area contributed by atoms with Gasteiger partial charge in [0, 0.05) is 31.1 Å². The molecule has 1 aromatic heterocycles. The average molecular weight is 441 g/mol. The van der Waals surface area contributed by atoms with E-state index in [0.29, 0.717) is 32.7 Å². The molecular formula is C25H32N2O3S. The number of benzene rings is 1. The molecule has 0 aliphatic carbocycles. The first kappa shape index (κ1) is 22.0. The van der Waals surface area contributed by atoms with Crippen LogP contribution in [0.15, 0.2) is 41.8 Å². The Labute approximate surface area is 188 Å². The highest BCUT2D eigenvalue weighted by atomic mass is 32.1. The molecule has 1 N–H and O–H groups in total. The summed E-state index contributed by atoms with van der Waals surface area (Å²) in [6, 6.07) is 12.5. The molecule has 0 bridgehead atoms. The smallest absolute Gasteiger partial charge is 0.251 e. The number of carbonyl (C=O) groups excluding carboxylic acids is 2. The van der Waals surface area contributed by atoms with E-state index >= 15 is 0 Å². The Kier molecular flexibility index (Phi) is 7.08. The molecule has 2 aromatic rings. The Balaban J connectivity index is 1.62. The van der Waals surface area contributed by atoms with Crippen LogP contribution in [0.2, 0.25) is 0 Å². The highest BCUT2D eigenvalue weighted by Crippen LogP contribution is 2.38. The monoisotopic (exact) mass is 440 g/mol. The third-order valence-corrected chi connectivity index (χ3v) is 7.40. The molecule has 2 unspecified atom stereocenters. The maximum absolute atomic E-state index is 13.4. The number of thiophene rings is 1. The Morgan fingerprint density at radius 3 is 2.81 bits per heavy atom. The van der Waals surface area contributed by atoms with E-state index < -0.39 is 5.41 Å². The van der Waals surface area contributed by atoms with Crippen LogP contribution in [0.4, 0.5) is 0 Å². The maximum atomic E-state index is 13.4. The standard InChI is InChI=1S/C25H32N2O3S/c1-2-26-24(29)25(17-19-9-3-4-10-20(19)22-12-7-16-31-22)13-8-14-27(18-25)23(28)21-11-5-6-15-30-21/h3-4,7,9-10,12,16,21H,2,5-6,8,11,13-15,17-18H2,1H3,(H,26,29). The van der Waals surface area contributed by atoms with Crippen LogP contribution in [0.5, 0.6) is 0 Å². The zero-order valence-electron chi connectivity index (χ0n) is 18.3. The minimum Gasteiger partial charge on any atom is -0.368 e. The van der Waals surface area contributed by atoms with Crippen molar-refractivity contribution >= 4 is 23.2 Å². The van der Waals surface area contributed by atoms with E-state index in [0.717, 1.165) is 32.1 Å². The van der Waals surface area contributed by atoms with E-state index in [1.807, 2.05) is 17.9 Å². The van der Waals surface area contributed by atoms with Crippen LogP contribution in [0.1, 0.15) is 44.6 Å². The highest BCUT2D eigenvalue weighted by Gasteiger charge is 2.44. The summed E-state index contributed by atoms with van der Waals surface area (Å²) < 4.78 is 5.77. The zero-order chi connectivity index (χ0) is 21.7. The minimum absolute atomic E-state index is 0.0537. The van der Waals surface area contributed by atoms with Crippen molar-refractivity contribution in [3.63, 3.8) is 0 Å². The number of hydrogen-bond acceptors (Lipinski definition) is 4. The SMILES string of the molecule is CCNC(=O)C1(Cc2ccccc2-c2cccs2)CCCN(C(=O)C2CCCCO2)C1. The van der Waals surface area contributed by atoms with Crippen molar-refractivity contribution in [2.24, 2.45) is 5.41 Å². The fourth-order valence-electron chi connectivity index (χ4n) is 4.93. The Bertz CT molecular complexity index is 892. The first-order valence-corrected chi connectivity index (χ1v) is 12.3. The fraction of sp³-hybridized carbons (Fsp3) is 0.520. The Morgan fingerprint density at radius 1 is 1.19 bits per heavy atom. The molecule has 0 saturated carbocycles. The van der Waals surface area contributed by atoms with Crippen LogP contribution >= 0.6 is 11.3 Å². The summed E-state index contributed by atoms with van der Waals surface area (Å²) in [6.45, 7) is 4.35. The lowest BCUT2D eigenvalue weighted by molar-refractivity contribution is -0.152. The van der Waals surface area contributed by atoms with Crippen LogP contribution in [-0.2, 0) is 20.7 Å². The van der Waals surface area contributed by atoms with E-state index in [4.69, 9.17) is 4.74 Å². The summed E-state index contributed by atoms with van der Waals surface area (Å²) in [5.41, 5.74) is 1.73. The molecule has 2 aliphatic heterocycles. The Morgan fingerprint density at radius 2 is 2.06 bits per heavy atom. The van der Waals surface area contributed by atoms with Gasteiger partial charge in [-0.3, -0.25) is 9.59 Å². The van der Waals surface area contributed by atoms with Gasteiger partial charge in [0.2, 0.25) is 5.91 Å². The van der Waals surface area contributed by atoms with Gasteiger partial charge in [-0.15, -0.1) is 11.3 Å². The van der Waals surface area contributed by atoms with Gasteiger partial charge in [0.05, 0.1) is 5.41 Å². The normalized spacial score (nSPS) is 24.0. The molecule has 0 radical (unpaired) electrons. The van der Waals surface area contributed by atoms with Crippen molar-refractivity contribution in [1.29, 1.82) is 0 Å². The third-order valence-electron chi connectivity index (χ3n) is 6.50. The number of piperidine rings is 1. The van der Waals surface area contributed by atoms with Crippen LogP contribution < -0.4 is 5.32 Å². The van der Waals surface area contributed by atoms with Crippen molar-refractivity contribution in [3.05, 3.63) is 47.3 Å². The first-order chi connectivity index (χ1) is 15.1. The van der Waals surface area contributed by atoms with Crippen molar-refractivity contribution < 1.29 is 14.3 Å². The van der Waals surface area contributed by atoms with Gasteiger partial charge in [-0.1, -0.05) is 30.3 Å². The van der Waals surface area contributed by atoms with Crippen LogP contribution in [0, 0.1) is 5.41 Å². The fourth-order valence-corrected chi connectivity index (χ4v) is 5.72. The first-order valence-electron chi connectivity index (χ1n) is 11.4. The number of nitrogens with one attached hydrogen (secondary N) is 1. The summed E-state index contributed by atoms with van der Waals surface area (Å²) in [5, 5.41) is 5.14. The molecule has 3 heterocycles. The molecule has 2 fully saturated rings. The van der Waals surface area contributed by atoms with E-state index in [1.54, 1.807) is 11.3 Å². The molecule has 2 amide bonds. The molecule has 1 aromatic carbocycles. The average Bonchev–Trinajstić information content (AvgIpc) is 3.35. The summed E-state index contributed by atoms with van der Waals surface area (Å²) in [5.74, 6) is 0.109. The topological polar surface area (TPSA) is 58.6 Å². The van der Waals surface area contributed by atoms with Gasteiger partial charge in [-0.05, 0) is 68.0 Å². The maximum Gasteiger partial charge on any atom is 0.251 e. The molecule has 0 spiro atoms. The highest BCUT2D eigenvalue weighted by molar-refractivity contribution is 7.13. The van der Waals surface area contributed by atoms with Gasteiger partial charge in [0.25, 0.3) is 5.91 Å². The molecule has 166 valence electrons. The summed E-state index contributed by atoms with van der Waals surface area (Å²) >= 11 is 1.71. The predicted octanol–water partition coefficient (Wildman–Crippen LogP) is 4.27. The molecule has 4 rings (SSSR count). The van der Waals surface area contributed by atoms with E-state index in [9.17, 15) is 9.59 Å². The van der Waals surface area contributed by atoms with Gasteiger partial charge < -0.3 is 15.0 Å². The predicted molar refractivity (Wildman–Crippen MR) is 124 cm³/mol. The van der Waals surface area contributed by atoms with E-state index in [2.05, 4.69) is 41.0 Å².